The lowest BCUT2D eigenvalue weighted by atomic mass is 9.67. The van der Waals surface area contributed by atoms with Crippen molar-refractivity contribution in [3.63, 3.8) is 0 Å². The first kappa shape index (κ1) is 44.6. The zero-order valence-corrected chi connectivity index (χ0v) is 33.1. The van der Waals surface area contributed by atoms with E-state index >= 15 is 0 Å². The average Bonchev–Trinajstić information content (AvgIpc) is 3.45. The molecule has 0 radical (unpaired) electrons. The number of nitrogens with zero attached hydrogens (tertiary/aromatic N) is 2. The van der Waals surface area contributed by atoms with E-state index in [2.05, 4.69) is 21.3 Å². The van der Waals surface area contributed by atoms with Crippen LogP contribution in [0.25, 0.3) is 0 Å². The van der Waals surface area contributed by atoms with E-state index in [1.165, 1.54) is 58.5 Å². The van der Waals surface area contributed by atoms with E-state index < -0.39 is 89.0 Å². The smallest absolute Gasteiger partial charge is 0.411 e. The Morgan fingerprint density at radius 1 is 0.736 bits per heavy atom. The lowest BCUT2D eigenvalue weighted by molar-refractivity contribution is -0.720. The van der Waals surface area contributed by atoms with Gasteiger partial charge in [0.1, 0.15) is 28.8 Å². The number of likely N-dealkylation sites (N-methyl/N-ethyl adjacent to an activating group) is 2. The van der Waals surface area contributed by atoms with E-state index in [4.69, 9.17) is 19.7 Å². The van der Waals surface area contributed by atoms with E-state index in [0.717, 1.165) is 0 Å². The highest BCUT2D eigenvalue weighted by atomic mass is 16.8. The normalized spacial score (nSPS) is 17.3. The average molecular weight is 749 g/mol. The second-order valence-electron chi connectivity index (χ2n) is 15.7. The van der Waals surface area contributed by atoms with Crippen LogP contribution in [0.2, 0.25) is 0 Å². The Labute approximate surface area is 310 Å². The molecular formula is C34H57BN8O10. The number of quaternary nitrogens is 1. The van der Waals surface area contributed by atoms with Gasteiger partial charge in [0.15, 0.2) is 5.54 Å². The molecule has 1 aromatic rings. The molecule has 0 aliphatic carbocycles. The number of hydrogen-bond acceptors (Lipinski definition) is 10. The molecule has 1 aromatic carbocycles. The first-order chi connectivity index (χ1) is 24.1. The molecule has 19 heteroatoms. The van der Waals surface area contributed by atoms with Gasteiger partial charge in [-0.25, -0.2) is 0 Å². The van der Waals surface area contributed by atoms with E-state index in [0.29, 0.717) is 11.0 Å². The van der Waals surface area contributed by atoms with Gasteiger partial charge in [-0.15, -0.1) is 5.46 Å². The molecule has 296 valence electrons. The van der Waals surface area contributed by atoms with E-state index in [1.54, 1.807) is 71.6 Å². The van der Waals surface area contributed by atoms with Crippen molar-refractivity contribution in [1.82, 2.24) is 31.1 Å². The van der Waals surface area contributed by atoms with Crippen LogP contribution in [-0.4, -0.2) is 134 Å². The molecule has 1 heterocycles. The van der Waals surface area contributed by atoms with Gasteiger partial charge in [0.25, 0.3) is 5.91 Å². The fourth-order valence-electron chi connectivity index (χ4n) is 5.24. The number of nitrogens with one attached hydrogen (secondary N) is 4. The quantitative estimate of drug-likeness (QED) is 0.0914. The third-order valence-electron chi connectivity index (χ3n) is 8.86. The summed E-state index contributed by atoms with van der Waals surface area (Å²) in [5, 5.41) is 12.0. The van der Waals surface area contributed by atoms with Gasteiger partial charge in [0.2, 0.25) is 35.4 Å². The number of amides is 7. The van der Waals surface area contributed by atoms with Gasteiger partial charge >= 0.3 is 6.75 Å². The van der Waals surface area contributed by atoms with Crippen molar-refractivity contribution in [3.8, 4) is 0 Å². The minimum atomic E-state index is -2.79. The lowest BCUT2D eigenvalue weighted by Crippen LogP contribution is -2.97. The van der Waals surface area contributed by atoms with Crippen LogP contribution >= 0.6 is 0 Å². The number of primary amides is 1. The first-order valence-corrected chi connectivity index (χ1v) is 17.1. The van der Waals surface area contributed by atoms with Crippen molar-refractivity contribution in [2.75, 3.05) is 41.8 Å². The van der Waals surface area contributed by atoms with Crippen LogP contribution in [0.1, 0.15) is 61.0 Å². The summed E-state index contributed by atoms with van der Waals surface area (Å²) in [6.45, 7) is 9.01. The SMILES string of the molecule is CO[B-]1(c2ccccc2C[NH2+]C(C)(C)C(=O)NC(C)(C)C(=O)NC(C)(C)C(=O)NC(C)(C)C(=O)NCC(N)=O)O[C@@H](C(=O)N(C)C)[C@H](C(=O)N(C)C)O1. The first-order valence-electron chi connectivity index (χ1n) is 17.1. The number of carbonyl (C=O) groups excluding carboxylic acids is 7. The minimum Gasteiger partial charge on any atom is -0.543 e. The van der Waals surface area contributed by atoms with Gasteiger partial charge in [0.05, 0.1) is 13.1 Å². The maximum Gasteiger partial charge on any atom is 0.411 e. The molecule has 18 nitrogen and oxygen atoms in total. The summed E-state index contributed by atoms with van der Waals surface area (Å²) < 4.78 is 18.2. The number of rotatable bonds is 16. The van der Waals surface area contributed by atoms with Gasteiger partial charge in [0, 0.05) is 28.2 Å². The van der Waals surface area contributed by atoms with Crippen LogP contribution < -0.4 is 37.8 Å². The maximum atomic E-state index is 13.7. The Balaban J connectivity index is 2.22. The fourth-order valence-corrected chi connectivity index (χ4v) is 5.24. The molecule has 2 rings (SSSR count). The van der Waals surface area contributed by atoms with Crippen molar-refractivity contribution in [2.24, 2.45) is 5.73 Å². The number of carbonyl (C=O) groups is 7. The summed E-state index contributed by atoms with van der Waals surface area (Å²) in [6.07, 6.45) is -2.55. The van der Waals surface area contributed by atoms with E-state index in [1.807, 2.05) is 0 Å². The molecule has 1 aliphatic heterocycles. The highest BCUT2D eigenvalue weighted by molar-refractivity contribution is 6.76. The van der Waals surface area contributed by atoms with Crippen LogP contribution in [0, 0.1) is 0 Å². The molecule has 53 heavy (non-hydrogen) atoms. The predicted octanol–water partition coefficient (Wildman–Crippen LogP) is -3.43. The molecule has 2 atom stereocenters. The predicted molar refractivity (Wildman–Crippen MR) is 195 cm³/mol. The topological polar surface area (TPSA) is 244 Å². The van der Waals surface area contributed by atoms with Crippen molar-refractivity contribution >= 4 is 53.6 Å². The second-order valence-corrected chi connectivity index (χ2v) is 15.7. The zero-order chi connectivity index (χ0) is 40.9. The van der Waals surface area contributed by atoms with Crippen molar-refractivity contribution in [3.05, 3.63) is 29.8 Å². The van der Waals surface area contributed by atoms with Crippen LogP contribution in [0.4, 0.5) is 0 Å². The number of hydrogen-bond donors (Lipinski definition) is 6. The van der Waals surface area contributed by atoms with Gasteiger partial charge in [-0.2, -0.15) is 0 Å². The van der Waals surface area contributed by atoms with E-state index in [9.17, 15) is 33.6 Å². The fraction of sp³-hybridized carbons (Fsp3) is 0.618. The third-order valence-corrected chi connectivity index (χ3v) is 8.86. The Kier molecular flexibility index (Phi) is 14.0. The van der Waals surface area contributed by atoms with Gasteiger partial charge in [-0.05, 0) is 68.1 Å². The number of nitrogens with two attached hydrogens (primary N) is 2. The second kappa shape index (κ2) is 16.6. The summed E-state index contributed by atoms with van der Waals surface area (Å²) in [6, 6.07) is 7.00. The Morgan fingerprint density at radius 3 is 1.57 bits per heavy atom. The Morgan fingerprint density at radius 2 is 1.15 bits per heavy atom. The largest absolute Gasteiger partial charge is 0.543 e. The highest BCUT2D eigenvalue weighted by Crippen LogP contribution is 2.29. The van der Waals surface area contributed by atoms with Gasteiger partial charge in [-0.3, -0.25) is 33.6 Å². The minimum absolute atomic E-state index is 0.192. The summed E-state index contributed by atoms with van der Waals surface area (Å²) in [7, 11) is 7.54. The summed E-state index contributed by atoms with van der Waals surface area (Å²) >= 11 is 0. The molecule has 0 unspecified atom stereocenters. The van der Waals surface area contributed by atoms with Crippen molar-refractivity contribution in [2.45, 2.75) is 96.3 Å². The van der Waals surface area contributed by atoms with Crippen LogP contribution in [-0.2, 0) is 54.1 Å². The van der Waals surface area contributed by atoms with E-state index in [-0.39, 0.29) is 6.54 Å². The summed E-state index contributed by atoms with van der Waals surface area (Å²) in [5.74, 6) is -4.23. The Hall–Kier alpha value is -4.59. The van der Waals surface area contributed by atoms with Crippen molar-refractivity contribution in [1.29, 1.82) is 0 Å². The standard InChI is InChI=1S/C34H56BN8O10/c1-31(2,28(48)39-33(5,6)30(50)41-34(7,8)29(49)40-32(3,4)27(47)37-19-22(36)44)38-18-20-16-14-15-17-21(20)35(51-13)52-23(25(45)42(9)10)24(53-35)26(46)43(11)12/h14-17,23-24,38H,18-19H2,1-13H3,(H2,36,44)(H,37,47)(H,39,48)(H,40,49)(H,41,50)/q-1/p+1/t23-,24-/m1/s1. The van der Waals surface area contributed by atoms with Gasteiger partial charge < -0.3 is 56.1 Å². The van der Waals surface area contributed by atoms with Crippen LogP contribution in [0.5, 0.6) is 0 Å². The molecule has 0 bridgehead atoms. The van der Waals surface area contributed by atoms with Gasteiger partial charge in [-0.1, -0.05) is 24.3 Å². The molecule has 0 saturated carbocycles. The molecule has 7 amide bonds. The number of benzene rings is 1. The van der Waals surface area contributed by atoms with Crippen LogP contribution in [0.3, 0.4) is 0 Å². The lowest BCUT2D eigenvalue weighted by Gasteiger charge is -2.37. The van der Waals surface area contributed by atoms with Crippen molar-refractivity contribution < 1.29 is 52.8 Å². The summed E-state index contributed by atoms with van der Waals surface area (Å²) in [4.78, 5) is 92.7. The molecule has 8 N–H and O–H groups in total. The Bertz CT molecular complexity index is 1570. The zero-order valence-electron chi connectivity index (χ0n) is 33.1. The molecule has 1 aliphatic rings. The molecule has 1 saturated heterocycles. The highest BCUT2D eigenvalue weighted by Gasteiger charge is 2.52. The molecule has 1 fully saturated rings. The molecule has 0 spiro atoms. The molecular weight excluding hydrogens is 691 g/mol. The van der Waals surface area contributed by atoms with Crippen LogP contribution in [0.15, 0.2) is 24.3 Å². The molecule has 0 aromatic heterocycles. The summed E-state index contributed by atoms with van der Waals surface area (Å²) in [5.41, 5.74) is 0.535. The maximum absolute atomic E-state index is 13.7. The third kappa shape index (κ3) is 10.7. The monoisotopic (exact) mass is 748 g/mol.